The molecule has 0 amide bonds. The molecule has 0 aliphatic rings. The minimum absolute atomic E-state index is 0.00296. The van der Waals surface area contributed by atoms with Crippen LogP contribution >= 0.6 is 43.2 Å². The summed E-state index contributed by atoms with van der Waals surface area (Å²) in [6.07, 6.45) is 0. The van der Waals surface area contributed by atoms with Gasteiger partial charge in [0.15, 0.2) is 0 Å². The van der Waals surface area contributed by atoms with Gasteiger partial charge in [0.25, 0.3) is 0 Å². The number of benzene rings is 1. The smallest absolute Gasteiger partial charge is 0.203 e. The first-order chi connectivity index (χ1) is 7.97. The molecule has 1 aromatic heterocycles. The largest absolute Gasteiger partial charge is 0.399 e. The summed E-state index contributed by atoms with van der Waals surface area (Å²) in [5.74, 6) is -0.00296. The zero-order chi connectivity index (χ0) is 12.6. The van der Waals surface area contributed by atoms with Gasteiger partial charge in [-0.1, -0.05) is 15.9 Å². The summed E-state index contributed by atoms with van der Waals surface area (Å²) < 4.78 is 1.80. The highest BCUT2D eigenvalue weighted by Crippen LogP contribution is 2.30. The molecule has 0 spiro atoms. The molecule has 0 saturated carbocycles. The standard InChI is InChI=1S/C12H9Br2NOS/c1-6-2-10(17-12(6)14)11(16)7-3-8(13)5-9(15)4-7/h2-5H,15H2,1H3. The number of halogens is 2. The van der Waals surface area contributed by atoms with E-state index in [-0.39, 0.29) is 5.78 Å². The van der Waals surface area contributed by atoms with Gasteiger partial charge < -0.3 is 5.73 Å². The van der Waals surface area contributed by atoms with Crippen LogP contribution in [-0.2, 0) is 0 Å². The molecule has 0 unspecified atom stereocenters. The Bertz CT molecular complexity index is 552. The monoisotopic (exact) mass is 373 g/mol. The summed E-state index contributed by atoms with van der Waals surface area (Å²) in [6, 6.07) is 7.12. The van der Waals surface area contributed by atoms with Crippen LogP contribution in [0.4, 0.5) is 5.69 Å². The van der Waals surface area contributed by atoms with Gasteiger partial charge >= 0.3 is 0 Å². The minimum Gasteiger partial charge on any atom is -0.399 e. The molecule has 0 radical (unpaired) electrons. The summed E-state index contributed by atoms with van der Waals surface area (Å²) in [5.41, 5.74) is 7.97. The van der Waals surface area contributed by atoms with E-state index in [0.29, 0.717) is 16.1 Å². The predicted molar refractivity (Wildman–Crippen MR) is 78.7 cm³/mol. The van der Waals surface area contributed by atoms with Crippen LogP contribution in [0.3, 0.4) is 0 Å². The molecule has 2 aromatic rings. The molecule has 5 heteroatoms. The number of nitrogen functional groups attached to an aromatic ring is 1. The van der Waals surface area contributed by atoms with Crippen LogP contribution in [0, 0.1) is 6.92 Å². The van der Waals surface area contributed by atoms with Crippen LogP contribution in [0.1, 0.15) is 20.8 Å². The maximum atomic E-state index is 12.2. The molecule has 0 atom stereocenters. The molecule has 0 fully saturated rings. The quantitative estimate of drug-likeness (QED) is 0.625. The van der Waals surface area contributed by atoms with Gasteiger partial charge in [-0.15, -0.1) is 11.3 Å². The van der Waals surface area contributed by atoms with Crippen LogP contribution in [0.15, 0.2) is 32.5 Å². The van der Waals surface area contributed by atoms with Crippen molar-refractivity contribution in [2.75, 3.05) is 5.73 Å². The number of hydrogen-bond acceptors (Lipinski definition) is 3. The lowest BCUT2D eigenvalue weighted by atomic mass is 10.1. The second kappa shape index (κ2) is 4.92. The normalized spacial score (nSPS) is 10.5. The lowest BCUT2D eigenvalue weighted by molar-refractivity contribution is 0.104. The molecular formula is C12H9Br2NOS. The van der Waals surface area contributed by atoms with Crippen molar-refractivity contribution in [3.63, 3.8) is 0 Å². The van der Waals surface area contributed by atoms with Crippen molar-refractivity contribution < 1.29 is 4.79 Å². The van der Waals surface area contributed by atoms with E-state index in [0.717, 1.165) is 13.8 Å². The number of anilines is 1. The van der Waals surface area contributed by atoms with Crippen LogP contribution in [-0.4, -0.2) is 5.78 Å². The van der Waals surface area contributed by atoms with E-state index in [2.05, 4.69) is 31.9 Å². The van der Waals surface area contributed by atoms with Crippen LogP contribution in [0.25, 0.3) is 0 Å². The highest BCUT2D eigenvalue weighted by atomic mass is 79.9. The number of carbonyl (C=O) groups is 1. The molecule has 1 heterocycles. The Hall–Kier alpha value is -0.650. The molecule has 1 aromatic carbocycles. The third-order valence-corrected chi connectivity index (χ3v) is 4.86. The van der Waals surface area contributed by atoms with Gasteiger partial charge in [-0.3, -0.25) is 4.79 Å². The van der Waals surface area contributed by atoms with Crippen LogP contribution in [0.2, 0.25) is 0 Å². The van der Waals surface area contributed by atoms with E-state index in [1.165, 1.54) is 11.3 Å². The number of carbonyl (C=O) groups excluding carboxylic acids is 1. The highest BCUT2D eigenvalue weighted by Gasteiger charge is 2.14. The minimum atomic E-state index is -0.00296. The maximum Gasteiger partial charge on any atom is 0.203 e. The van der Waals surface area contributed by atoms with E-state index < -0.39 is 0 Å². The maximum absolute atomic E-state index is 12.2. The average Bonchev–Trinajstić information content (AvgIpc) is 2.57. The summed E-state index contributed by atoms with van der Waals surface area (Å²) in [7, 11) is 0. The Kier molecular flexibility index (Phi) is 3.70. The first-order valence-corrected chi connectivity index (χ1v) is 7.24. The molecule has 2 nitrogen and oxygen atoms in total. The Morgan fingerprint density at radius 2 is 1.94 bits per heavy atom. The third-order valence-electron chi connectivity index (χ3n) is 2.26. The van der Waals surface area contributed by atoms with Gasteiger partial charge in [-0.2, -0.15) is 0 Å². The van der Waals surface area contributed by atoms with Crippen molar-refractivity contribution in [3.05, 3.63) is 48.5 Å². The first-order valence-electron chi connectivity index (χ1n) is 4.84. The van der Waals surface area contributed by atoms with E-state index >= 15 is 0 Å². The molecule has 2 rings (SSSR count). The van der Waals surface area contributed by atoms with Crippen molar-refractivity contribution in [1.82, 2.24) is 0 Å². The average molecular weight is 375 g/mol. The number of hydrogen-bond donors (Lipinski definition) is 1. The van der Waals surface area contributed by atoms with E-state index in [1.54, 1.807) is 18.2 Å². The molecule has 2 N–H and O–H groups in total. The Morgan fingerprint density at radius 3 is 2.47 bits per heavy atom. The fourth-order valence-corrected chi connectivity index (χ4v) is 3.47. The summed E-state index contributed by atoms with van der Waals surface area (Å²) in [5, 5.41) is 0. The summed E-state index contributed by atoms with van der Waals surface area (Å²) in [6.45, 7) is 1.96. The number of nitrogens with two attached hydrogens (primary N) is 1. The Labute approximate surface area is 120 Å². The highest BCUT2D eigenvalue weighted by molar-refractivity contribution is 9.11. The van der Waals surface area contributed by atoms with Gasteiger partial charge in [0.2, 0.25) is 5.78 Å². The Balaban J connectivity index is 2.43. The van der Waals surface area contributed by atoms with Crippen molar-refractivity contribution in [2.45, 2.75) is 6.92 Å². The van der Waals surface area contributed by atoms with Crippen LogP contribution in [0.5, 0.6) is 0 Å². The number of aryl methyl sites for hydroxylation is 1. The van der Waals surface area contributed by atoms with Gasteiger partial charge in [0.1, 0.15) is 0 Å². The summed E-state index contributed by atoms with van der Waals surface area (Å²) >= 11 is 8.19. The van der Waals surface area contributed by atoms with Gasteiger partial charge in [-0.25, -0.2) is 0 Å². The lowest BCUT2D eigenvalue weighted by Gasteiger charge is -2.01. The van der Waals surface area contributed by atoms with Crippen molar-refractivity contribution in [3.8, 4) is 0 Å². The molecule has 88 valence electrons. The zero-order valence-corrected chi connectivity index (χ0v) is 12.9. The Morgan fingerprint density at radius 1 is 1.24 bits per heavy atom. The fourth-order valence-electron chi connectivity index (χ4n) is 1.46. The predicted octanol–water partition coefficient (Wildman–Crippen LogP) is 4.39. The first kappa shape index (κ1) is 12.8. The molecular weight excluding hydrogens is 366 g/mol. The number of rotatable bonds is 2. The van der Waals surface area contributed by atoms with E-state index in [4.69, 9.17) is 5.73 Å². The third kappa shape index (κ3) is 2.78. The zero-order valence-electron chi connectivity index (χ0n) is 8.96. The van der Waals surface area contributed by atoms with E-state index in [1.807, 2.05) is 13.0 Å². The second-order valence-corrected chi connectivity index (χ2v) is 6.96. The topological polar surface area (TPSA) is 43.1 Å². The number of thiophene rings is 1. The van der Waals surface area contributed by atoms with Gasteiger partial charge in [0, 0.05) is 15.7 Å². The van der Waals surface area contributed by atoms with Gasteiger partial charge in [0.05, 0.1) is 8.66 Å². The van der Waals surface area contributed by atoms with Crippen molar-refractivity contribution >= 4 is 54.7 Å². The second-order valence-electron chi connectivity index (χ2n) is 3.67. The number of ketones is 1. The summed E-state index contributed by atoms with van der Waals surface area (Å²) in [4.78, 5) is 12.9. The fraction of sp³-hybridized carbons (Fsp3) is 0.0833. The molecule has 0 saturated heterocycles. The SMILES string of the molecule is Cc1cc(C(=O)c2cc(N)cc(Br)c2)sc1Br. The molecule has 17 heavy (non-hydrogen) atoms. The molecule has 0 aliphatic carbocycles. The molecule has 0 bridgehead atoms. The van der Waals surface area contributed by atoms with Crippen LogP contribution < -0.4 is 5.73 Å². The van der Waals surface area contributed by atoms with Gasteiger partial charge in [-0.05, 0) is 52.7 Å². The van der Waals surface area contributed by atoms with E-state index in [9.17, 15) is 4.79 Å². The van der Waals surface area contributed by atoms with Crippen molar-refractivity contribution in [1.29, 1.82) is 0 Å². The van der Waals surface area contributed by atoms with Crippen molar-refractivity contribution in [2.24, 2.45) is 0 Å². The molecule has 0 aliphatic heterocycles. The lowest BCUT2D eigenvalue weighted by Crippen LogP contribution is -2.00.